The Kier molecular flexibility index (Phi) is 4.41. The van der Waals surface area contributed by atoms with Gasteiger partial charge in [0.1, 0.15) is 5.75 Å². The quantitative estimate of drug-likeness (QED) is 0.583. The molecule has 18 heavy (non-hydrogen) atoms. The minimum Gasteiger partial charge on any atom is -0.465 e. The minimum atomic E-state index is -0.519. The number of hydrogen-bond donors (Lipinski definition) is 0. The average molecular weight is 396 g/mol. The van der Waals surface area contributed by atoms with Crippen LogP contribution in [0.1, 0.15) is 9.67 Å². The molecular formula is C11H7ClINO3S. The monoisotopic (exact) mass is 395 g/mol. The second-order valence-corrected chi connectivity index (χ2v) is 5.71. The Morgan fingerprint density at radius 3 is 2.67 bits per heavy atom. The largest absolute Gasteiger partial charge is 0.465 e. The molecule has 4 nitrogen and oxygen atoms in total. The number of methoxy groups -OCH3 is 1. The Bertz CT molecular complexity index is 570. The minimum absolute atomic E-state index is 0.0901. The summed E-state index contributed by atoms with van der Waals surface area (Å²) >= 11 is 9.08. The van der Waals surface area contributed by atoms with Crippen LogP contribution in [0.5, 0.6) is 10.9 Å². The van der Waals surface area contributed by atoms with E-state index in [1.54, 1.807) is 0 Å². The topological polar surface area (TPSA) is 48.4 Å². The first-order chi connectivity index (χ1) is 8.60. The van der Waals surface area contributed by atoms with E-state index >= 15 is 0 Å². The van der Waals surface area contributed by atoms with Gasteiger partial charge in [-0.2, -0.15) is 4.98 Å². The number of aromatic nitrogens is 1. The zero-order valence-corrected chi connectivity index (χ0v) is 12.9. The molecule has 0 bridgehead atoms. The van der Waals surface area contributed by atoms with E-state index in [1.165, 1.54) is 7.11 Å². The molecule has 1 aromatic heterocycles. The van der Waals surface area contributed by atoms with Crippen LogP contribution in [0.4, 0.5) is 0 Å². The van der Waals surface area contributed by atoms with Crippen molar-refractivity contribution in [3.8, 4) is 10.9 Å². The Labute approximate surface area is 126 Å². The van der Waals surface area contributed by atoms with Crippen LogP contribution in [0.3, 0.4) is 0 Å². The zero-order valence-electron chi connectivity index (χ0n) is 9.15. The molecule has 0 N–H and O–H groups in total. The highest BCUT2D eigenvalue weighted by molar-refractivity contribution is 14.1. The van der Waals surface area contributed by atoms with Crippen LogP contribution in [0.15, 0.2) is 24.3 Å². The number of carbonyl (C=O) groups excluding carboxylic acids is 1. The number of esters is 1. The summed E-state index contributed by atoms with van der Waals surface area (Å²) < 4.78 is 11.2. The fourth-order valence-electron chi connectivity index (χ4n) is 1.15. The van der Waals surface area contributed by atoms with Gasteiger partial charge in [-0.15, -0.1) is 0 Å². The highest BCUT2D eigenvalue weighted by atomic mass is 127. The smallest absolute Gasteiger partial charge is 0.351 e. The van der Waals surface area contributed by atoms with E-state index in [1.807, 2.05) is 24.3 Å². The number of thiazole rings is 1. The molecule has 2 rings (SSSR count). The lowest BCUT2D eigenvalue weighted by atomic mass is 10.3. The van der Waals surface area contributed by atoms with Crippen LogP contribution >= 0.6 is 45.5 Å². The summed E-state index contributed by atoms with van der Waals surface area (Å²) in [5, 5.41) is 0.397. The van der Waals surface area contributed by atoms with Gasteiger partial charge in [-0.25, -0.2) is 4.79 Å². The maximum absolute atomic E-state index is 11.4. The van der Waals surface area contributed by atoms with Crippen molar-refractivity contribution in [2.45, 2.75) is 0 Å². The molecule has 0 saturated carbocycles. The summed E-state index contributed by atoms with van der Waals surface area (Å²) in [4.78, 5) is 15.5. The lowest BCUT2D eigenvalue weighted by Crippen LogP contribution is -1.98. The molecule has 0 atom stereocenters. The Morgan fingerprint density at radius 2 is 2.06 bits per heavy atom. The van der Waals surface area contributed by atoms with Gasteiger partial charge in [0, 0.05) is 3.57 Å². The van der Waals surface area contributed by atoms with E-state index in [0.717, 1.165) is 14.9 Å². The third-order valence-corrected chi connectivity index (χ3v) is 3.97. The highest BCUT2D eigenvalue weighted by Crippen LogP contribution is 2.32. The van der Waals surface area contributed by atoms with Gasteiger partial charge in [-0.05, 0) is 46.9 Å². The zero-order chi connectivity index (χ0) is 13.1. The molecule has 0 saturated heterocycles. The normalized spacial score (nSPS) is 10.2. The van der Waals surface area contributed by atoms with Crippen molar-refractivity contribution in [2.24, 2.45) is 0 Å². The summed E-state index contributed by atoms with van der Waals surface area (Å²) in [6.07, 6.45) is 0. The van der Waals surface area contributed by atoms with Crippen molar-refractivity contribution < 1.29 is 14.3 Å². The third kappa shape index (κ3) is 3.12. The standard InChI is InChI=1S/C11H7ClINO3S/c1-16-10(15)8-9(12)14-11(18-8)17-7-4-2-6(13)3-5-7/h2-5H,1H3. The molecule has 1 heterocycles. The van der Waals surface area contributed by atoms with Gasteiger partial charge in [0.05, 0.1) is 7.11 Å². The van der Waals surface area contributed by atoms with Gasteiger partial charge in [-0.3, -0.25) is 0 Å². The molecule has 0 amide bonds. The fraction of sp³-hybridized carbons (Fsp3) is 0.0909. The van der Waals surface area contributed by atoms with E-state index in [0.29, 0.717) is 10.9 Å². The van der Waals surface area contributed by atoms with E-state index in [-0.39, 0.29) is 10.0 Å². The molecule has 0 fully saturated rings. The van der Waals surface area contributed by atoms with Crippen LogP contribution in [0.2, 0.25) is 5.15 Å². The van der Waals surface area contributed by atoms with Crippen LogP contribution < -0.4 is 4.74 Å². The van der Waals surface area contributed by atoms with Gasteiger partial charge < -0.3 is 9.47 Å². The lowest BCUT2D eigenvalue weighted by molar-refractivity contribution is 0.0606. The molecule has 1 aromatic carbocycles. The molecule has 0 spiro atoms. The molecule has 0 aliphatic heterocycles. The van der Waals surface area contributed by atoms with Crippen molar-refractivity contribution in [2.75, 3.05) is 7.11 Å². The van der Waals surface area contributed by atoms with Crippen LogP contribution in [0.25, 0.3) is 0 Å². The summed E-state index contributed by atoms with van der Waals surface area (Å²) in [6.45, 7) is 0. The SMILES string of the molecule is COC(=O)c1sc(Oc2ccc(I)cc2)nc1Cl. The van der Waals surface area contributed by atoms with E-state index in [4.69, 9.17) is 16.3 Å². The number of carbonyl (C=O) groups is 1. The first-order valence-electron chi connectivity index (χ1n) is 4.78. The lowest BCUT2D eigenvalue weighted by Gasteiger charge is -2.00. The Balaban J connectivity index is 2.20. The fourth-order valence-corrected chi connectivity index (χ4v) is 2.57. The first-order valence-corrected chi connectivity index (χ1v) is 7.05. The van der Waals surface area contributed by atoms with E-state index in [9.17, 15) is 4.79 Å². The van der Waals surface area contributed by atoms with Gasteiger partial charge in [0.25, 0.3) is 5.19 Å². The Hall–Kier alpha value is -0.860. The van der Waals surface area contributed by atoms with Crippen molar-refractivity contribution >= 4 is 51.5 Å². The average Bonchev–Trinajstić information content (AvgIpc) is 2.72. The van der Waals surface area contributed by atoms with Gasteiger partial charge >= 0.3 is 5.97 Å². The molecule has 0 aliphatic carbocycles. The molecule has 0 aliphatic rings. The number of ether oxygens (including phenoxy) is 2. The van der Waals surface area contributed by atoms with Gasteiger partial charge in [-0.1, -0.05) is 22.9 Å². The molecule has 7 heteroatoms. The highest BCUT2D eigenvalue weighted by Gasteiger charge is 2.18. The van der Waals surface area contributed by atoms with Crippen LogP contribution in [-0.2, 0) is 4.74 Å². The Morgan fingerprint density at radius 1 is 1.39 bits per heavy atom. The molecule has 0 radical (unpaired) electrons. The van der Waals surface area contributed by atoms with Gasteiger partial charge in [0.2, 0.25) is 0 Å². The molecule has 0 unspecified atom stereocenters. The van der Waals surface area contributed by atoms with E-state index < -0.39 is 5.97 Å². The summed E-state index contributed by atoms with van der Waals surface area (Å²) in [6, 6.07) is 7.45. The van der Waals surface area contributed by atoms with Crippen molar-refractivity contribution in [1.82, 2.24) is 4.98 Å². The molecule has 94 valence electrons. The van der Waals surface area contributed by atoms with Crippen molar-refractivity contribution in [3.05, 3.63) is 37.9 Å². The number of benzene rings is 1. The first kappa shape index (κ1) is 13.6. The molecule has 2 aromatic rings. The number of hydrogen-bond acceptors (Lipinski definition) is 5. The maximum Gasteiger partial charge on any atom is 0.351 e. The number of halogens is 2. The van der Waals surface area contributed by atoms with Crippen molar-refractivity contribution in [3.63, 3.8) is 0 Å². The predicted octanol–water partition coefficient (Wildman–Crippen LogP) is 3.98. The summed E-state index contributed by atoms with van der Waals surface area (Å²) in [7, 11) is 1.29. The second kappa shape index (κ2) is 5.85. The predicted molar refractivity (Wildman–Crippen MR) is 77.7 cm³/mol. The summed E-state index contributed by atoms with van der Waals surface area (Å²) in [5.41, 5.74) is 0. The molecular weight excluding hydrogens is 389 g/mol. The summed E-state index contributed by atoms with van der Waals surface area (Å²) in [5.74, 6) is 0.118. The second-order valence-electron chi connectivity index (χ2n) is 3.15. The third-order valence-electron chi connectivity index (χ3n) is 1.96. The van der Waals surface area contributed by atoms with E-state index in [2.05, 4.69) is 32.3 Å². The van der Waals surface area contributed by atoms with Crippen molar-refractivity contribution in [1.29, 1.82) is 0 Å². The number of nitrogens with zero attached hydrogens (tertiary/aromatic N) is 1. The number of rotatable bonds is 3. The van der Waals surface area contributed by atoms with Crippen LogP contribution in [0, 0.1) is 3.57 Å². The van der Waals surface area contributed by atoms with Gasteiger partial charge in [0.15, 0.2) is 10.0 Å². The maximum atomic E-state index is 11.4. The van der Waals surface area contributed by atoms with Crippen LogP contribution in [-0.4, -0.2) is 18.1 Å².